The smallest absolute Gasteiger partial charge is 0.258 e. The van der Waals surface area contributed by atoms with Crippen molar-refractivity contribution in [1.29, 1.82) is 10.5 Å². The van der Waals surface area contributed by atoms with E-state index in [1.165, 1.54) is 18.6 Å². The van der Waals surface area contributed by atoms with Gasteiger partial charge in [0.25, 0.3) is 23.5 Å². The van der Waals surface area contributed by atoms with Gasteiger partial charge < -0.3 is 0 Å². The van der Waals surface area contributed by atoms with Gasteiger partial charge >= 0.3 is 0 Å². The van der Waals surface area contributed by atoms with Gasteiger partial charge in [-0.2, -0.15) is 99.0 Å². The Balaban J connectivity index is 1.16. The van der Waals surface area contributed by atoms with E-state index in [-0.39, 0.29) is 52.1 Å². The van der Waals surface area contributed by atoms with Gasteiger partial charge in [0, 0.05) is 0 Å². The van der Waals surface area contributed by atoms with Crippen molar-refractivity contribution in [2.45, 2.75) is 41.5 Å². The lowest BCUT2D eigenvalue weighted by molar-refractivity contribution is 0.706. The number of aromatic nitrogens is 21. The SMILES string of the molecule is [C-]#[N+]c1cnn(-c2nc(-n3ncc(C#N)c3N=Nc3c(C)nn4c(C)n[nH]c34)nc(-n3ncc(C#N)c3N=Nc3c(C)nn4c(C)n[nH]c34)n2)c1N=Nc1c(C)nn2c(C)n[nH]c12. The molecule has 30 nitrogen and oxygen atoms in total. The minimum Gasteiger partial charge on any atom is -0.258 e. The molecule has 10 heterocycles. The highest BCUT2D eigenvalue weighted by atomic mass is 15.5. The number of fused-ring (bicyclic) bond motifs is 3. The molecule has 10 rings (SSSR count). The zero-order chi connectivity index (χ0) is 43.7. The van der Waals surface area contributed by atoms with E-state index in [1.807, 2.05) is 0 Å². The Morgan fingerprint density at radius 2 is 0.873 bits per heavy atom. The van der Waals surface area contributed by atoms with Crippen LogP contribution in [-0.4, -0.2) is 104 Å². The summed E-state index contributed by atoms with van der Waals surface area (Å²) >= 11 is 0. The highest BCUT2D eigenvalue weighted by molar-refractivity contribution is 5.69. The van der Waals surface area contributed by atoms with Crippen molar-refractivity contribution in [3.63, 3.8) is 0 Å². The van der Waals surface area contributed by atoms with Gasteiger partial charge in [-0.3, -0.25) is 15.3 Å². The lowest BCUT2D eigenvalue weighted by Gasteiger charge is -2.09. The first-order valence-electron chi connectivity index (χ1n) is 18.2. The normalized spacial score (nSPS) is 12.0. The van der Waals surface area contributed by atoms with Crippen molar-refractivity contribution in [2.75, 3.05) is 0 Å². The summed E-state index contributed by atoms with van der Waals surface area (Å²) in [5, 5.41) is 94.6. The largest absolute Gasteiger partial charge is 0.259 e. The molecule has 0 aromatic carbocycles. The number of aryl methyl sites for hydroxylation is 6. The predicted octanol–water partition coefficient (Wildman–Crippen LogP) is 4.93. The molecule has 0 atom stereocenters. The molecule has 306 valence electrons. The van der Waals surface area contributed by atoms with Crippen LogP contribution < -0.4 is 0 Å². The fourth-order valence-electron chi connectivity index (χ4n) is 6.36. The van der Waals surface area contributed by atoms with Crippen LogP contribution in [0.2, 0.25) is 0 Å². The molecule has 0 radical (unpaired) electrons. The maximum atomic E-state index is 10.2. The van der Waals surface area contributed by atoms with Crippen molar-refractivity contribution in [2.24, 2.45) is 30.7 Å². The van der Waals surface area contributed by atoms with Crippen LogP contribution in [-0.2, 0) is 0 Å². The molecule has 0 saturated carbocycles. The number of aromatic amines is 3. The first-order chi connectivity index (χ1) is 30.6. The number of H-pyrrole nitrogens is 3. The highest BCUT2D eigenvalue weighted by Gasteiger charge is 2.25. The lowest BCUT2D eigenvalue weighted by atomic mass is 10.4. The standard InChI is InChI=1S/C33H24N30/c1-13-22(28-52-43-16(4)58(28)55-13)46-49-25-19(8-34)10-37-61(25)31-40-32(62-26(20(9-35)11-38-62)50-47-23-14(2)56-59-17(5)44-53-29(23)59)42-33(41-31)63-27(21(36-7)12-39-63)51-48-24-15(3)57-60-18(6)45-54-30(24)60/h10-12,52-54H,1-6H3. The van der Waals surface area contributed by atoms with Gasteiger partial charge in [-0.05, 0) is 41.5 Å². The number of azo groups is 3. The van der Waals surface area contributed by atoms with Crippen LogP contribution in [0.25, 0.3) is 39.6 Å². The Morgan fingerprint density at radius 3 is 1.24 bits per heavy atom. The van der Waals surface area contributed by atoms with Crippen LogP contribution in [0.15, 0.2) is 49.3 Å². The zero-order valence-electron chi connectivity index (χ0n) is 33.3. The minimum absolute atomic E-state index is 0.00199. The van der Waals surface area contributed by atoms with E-state index < -0.39 is 0 Å². The molecule has 3 N–H and O–H groups in total. The van der Waals surface area contributed by atoms with Gasteiger partial charge in [-0.25, -0.2) is 4.85 Å². The topological polar surface area (TPSA) is 356 Å². The van der Waals surface area contributed by atoms with Crippen molar-refractivity contribution in [3.05, 3.63) is 75.7 Å². The first-order valence-corrected chi connectivity index (χ1v) is 18.2. The number of nitriles is 2. The van der Waals surface area contributed by atoms with Crippen molar-refractivity contribution < 1.29 is 0 Å². The summed E-state index contributed by atoms with van der Waals surface area (Å²) < 4.78 is 8.14. The van der Waals surface area contributed by atoms with Gasteiger partial charge in [0.1, 0.15) is 40.7 Å². The molecule has 0 aliphatic rings. The van der Waals surface area contributed by atoms with Crippen LogP contribution in [0.1, 0.15) is 45.7 Å². The number of hydrogen-bond donors (Lipinski definition) is 3. The summed E-state index contributed by atoms with van der Waals surface area (Å²) in [6.45, 7) is 18.5. The van der Waals surface area contributed by atoms with Crippen LogP contribution in [0.4, 0.5) is 40.2 Å². The molecular formula is C33H24N30. The van der Waals surface area contributed by atoms with E-state index in [9.17, 15) is 10.5 Å². The summed E-state index contributed by atoms with van der Waals surface area (Å²) in [6, 6.07) is 4.13. The van der Waals surface area contributed by atoms with Gasteiger partial charge in [-0.15, -0.1) is 30.7 Å². The molecular weight excluding hydrogens is 817 g/mol. The molecule has 0 amide bonds. The fourth-order valence-corrected chi connectivity index (χ4v) is 6.36. The van der Waals surface area contributed by atoms with Crippen LogP contribution in [0, 0.1) is 70.8 Å². The second kappa shape index (κ2) is 14.1. The van der Waals surface area contributed by atoms with E-state index >= 15 is 0 Å². The second-order valence-electron chi connectivity index (χ2n) is 13.4. The van der Waals surface area contributed by atoms with Crippen LogP contribution in [0.3, 0.4) is 0 Å². The average molecular weight is 841 g/mol. The number of nitrogens with zero attached hydrogens (tertiary/aromatic N) is 27. The van der Waals surface area contributed by atoms with E-state index in [2.05, 4.69) is 124 Å². The molecule has 0 aliphatic carbocycles. The van der Waals surface area contributed by atoms with E-state index in [0.717, 1.165) is 14.0 Å². The molecule has 0 bridgehead atoms. The lowest BCUT2D eigenvalue weighted by Crippen LogP contribution is -2.14. The second-order valence-corrected chi connectivity index (χ2v) is 13.4. The van der Waals surface area contributed by atoms with Gasteiger partial charge in [-0.1, -0.05) is 0 Å². The Labute approximate surface area is 348 Å². The van der Waals surface area contributed by atoms with Crippen LogP contribution >= 0.6 is 0 Å². The molecule has 0 unspecified atom stereocenters. The summed E-state index contributed by atoms with van der Waals surface area (Å²) in [5.74, 6) is 0.839. The highest BCUT2D eigenvalue weighted by Crippen LogP contribution is 2.35. The molecule has 30 heteroatoms. The third-order valence-corrected chi connectivity index (χ3v) is 9.45. The average Bonchev–Trinajstić information content (AvgIpc) is 4.16. The zero-order valence-corrected chi connectivity index (χ0v) is 33.3. The fraction of sp³-hybridized carbons (Fsp3) is 0.182. The number of rotatable bonds is 9. The van der Waals surface area contributed by atoms with Crippen molar-refractivity contribution in [3.8, 4) is 30.0 Å². The molecule has 10 aromatic rings. The van der Waals surface area contributed by atoms with Gasteiger partial charge in [0.15, 0.2) is 51.5 Å². The summed E-state index contributed by atoms with van der Waals surface area (Å²) in [4.78, 5) is 17.6. The molecule has 0 aliphatic heterocycles. The predicted molar refractivity (Wildman–Crippen MR) is 210 cm³/mol. The monoisotopic (exact) mass is 840 g/mol. The van der Waals surface area contributed by atoms with Crippen molar-refractivity contribution in [1.82, 2.24) is 104 Å². The Kier molecular flexibility index (Phi) is 8.31. The molecule has 10 aromatic heterocycles. The molecule has 0 spiro atoms. The molecule has 0 fully saturated rings. The number of nitrogens with one attached hydrogen (secondary N) is 3. The maximum Gasteiger partial charge on any atom is 0.259 e. The van der Waals surface area contributed by atoms with E-state index in [4.69, 9.17) is 6.57 Å². The Morgan fingerprint density at radius 1 is 0.524 bits per heavy atom. The third-order valence-electron chi connectivity index (χ3n) is 9.45. The van der Waals surface area contributed by atoms with Crippen molar-refractivity contribution >= 4 is 57.1 Å². The van der Waals surface area contributed by atoms with Crippen LogP contribution in [0.5, 0.6) is 0 Å². The first kappa shape index (κ1) is 37.2. The van der Waals surface area contributed by atoms with Gasteiger partial charge in [0.05, 0.1) is 42.2 Å². The molecule has 0 saturated heterocycles. The Hall–Kier alpha value is -10.1. The quantitative estimate of drug-likeness (QED) is 0.128. The third kappa shape index (κ3) is 5.84. The summed E-state index contributed by atoms with van der Waals surface area (Å²) in [7, 11) is 0. The summed E-state index contributed by atoms with van der Waals surface area (Å²) in [6.07, 6.45) is 3.76. The van der Waals surface area contributed by atoms with Gasteiger partial charge in [0.2, 0.25) is 0 Å². The Bertz CT molecular complexity index is 3300. The summed E-state index contributed by atoms with van der Waals surface area (Å²) in [5.41, 5.74) is 4.05. The maximum absolute atomic E-state index is 10.2. The number of hydrogen-bond acceptors (Lipinski definition) is 20. The van der Waals surface area contributed by atoms with E-state index in [0.29, 0.717) is 68.6 Å². The minimum atomic E-state index is -0.233. The van der Waals surface area contributed by atoms with E-state index in [1.54, 1.807) is 55.1 Å². The molecule has 63 heavy (non-hydrogen) atoms.